The fourth-order valence-electron chi connectivity index (χ4n) is 2.36. The lowest BCUT2D eigenvalue weighted by Gasteiger charge is -2.23. The normalized spacial score (nSPS) is 20.2. The number of nitrogens with zero attached hydrogens (tertiary/aromatic N) is 1. The van der Waals surface area contributed by atoms with Crippen LogP contribution in [-0.2, 0) is 6.54 Å². The molecule has 1 saturated heterocycles. The minimum Gasteiger partial charge on any atom is -0.329 e. The molecule has 1 aromatic carbocycles. The van der Waals surface area contributed by atoms with Crippen molar-refractivity contribution in [1.29, 1.82) is 0 Å². The molecule has 1 aliphatic rings. The number of nitrogens with two attached hydrogens (primary N) is 1. The van der Waals surface area contributed by atoms with Crippen LogP contribution in [0.1, 0.15) is 18.4 Å². The first kappa shape index (κ1) is 14.2. The van der Waals surface area contributed by atoms with Gasteiger partial charge in [-0.25, -0.2) is 22.0 Å². The standard InChI is InChI=1S/C12H13F5N2/c13-8-7(5-19-3-1-2-6(19)4-18)9(14)11(16)12(17)10(8)15/h6H,1-5,18H2. The lowest BCUT2D eigenvalue weighted by Crippen LogP contribution is -2.35. The van der Waals surface area contributed by atoms with Crippen LogP contribution in [0.3, 0.4) is 0 Å². The number of hydrogen-bond acceptors (Lipinski definition) is 2. The number of likely N-dealkylation sites (tertiary alicyclic amines) is 1. The molecule has 0 aliphatic carbocycles. The van der Waals surface area contributed by atoms with Gasteiger partial charge in [0.25, 0.3) is 0 Å². The molecule has 0 spiro atoms. The van der Waals surface area contributed by atoms with Gasteiger partial charge < -0.3 is 5.73 Å². The van der Waals surface area contributed by atoms with E-state index in [1.165, 1.54) is 0 Å². The van der Waals surface area contributed by atoms with Crippen LogP contribution in [0, 0.1) is 29.1 Å². The Morgan fingerprint density at radius 1 is 0.947 bits per heavy atom. The Labute approximate surface area is 107 Å². The summed E-state index contributed by atoms with van der Waals surface area (Å²) in [7, 11) is 0. The third kappa shape index (κ3) is 2.44. The Kier molecular flexibility index (Phi) is 4.05. The molecular weight excluding hydrogens is 267 g/mol. The molecule has 1 unspecified atom stereocenters. The summed E-state index contributed by atoms with van der Waals surface area (Å²) in [5, 5.41) is 0. The zero-order valence-electron chi connectivity index (χ0n) is 10.0. The second kappa shape index (κ2) is 5.42. The number of halogens is 5. The van der Waals surface area contributed by atoms with E-state index < -0.39 is 34.6 Å². The van der Waals surface area contributed by atoms with Crippen molar-refractivity contribution in [1.82, 2.24) is 4.90 Å². The smallest absolute Gasteiger partial charge is 0.200 e. The zero-order valence-corrected chi connectivity index (χ0v) is 10.0. The molecule has 1 aromatic rings. The lowest BCUT2D eigenvalue weighted by molar-refractivity contribution is 0.238. The molecule has 1 heterocycles. The second-order valence-electron chi connectivity index (χ2n) is 4.55. The van der Waals surface area contributed by atoms with E-state index in [1.807, 2.05) is 0 Å². The highest BCUT2D eigenvalue weighted by Crippen LogP contribution is 2.26. The maximum atomic E-state index is 13.5. The van der Waals surface area contributed by atoms with Crippen molar-refractivity contribution in [2.45, 2.75) is 25.4 Å². The van der Waals surface area contributed by atoms with Crippen molar-refractivity contribution in [3.05, 3.63) is 34.6 Å². The Morgan fingerprint density at radius 2 is 1.47 bits per heavy atom. The molecule has 2 N–H and O–H groups in total. The van der Waals surface area contributed by atoms with Crippen LogP contribution in [0.5, 0.6) is 0 Å². The molecule has 0 radical (unpaired) electrons. The SMILES string of the molecule is NCC1CCCN1Cc1c(F)c(F)c(F)c(F)c1F. The summed E-state index contributed by atoms with van der Waals surface area (Å²) in [5.41, 5.74) is 4.71. The quantitative estimate of drug-likeness (QED) is 0.523. The summed E-state index contributed by atoms with van der Waals surface area (Å²) < 4.78 is 66.0. The van der Waals surface area contributed by atoms with E-state index >= 15 is 0 Å². The molecule has 0 amide bonds. The summed E-state index contributed by atoms with van der Waals surface area (Å²) >= 11 is 0. The molecule has 1 fully saturated rings. The predicted octanol–water partition coefficient (Wildman–Crippen LogP) is 2.31. The van der Waals surface area contributed by atoms with E-state index in [4.69, 9.17) is 5.73 Å². The first-order valence-corrected chi connectivity index (χ1v) is 5.91. The summed E-state index contributed by atoms with van der Waals surface area (Å²) in [6.07, 6.45) is 1.54. The summed E-state index contributed by atoms with van der Waals surface area (Å²) in [5.74, 6) is -9.47. The first-order valence-electron chi connectivity index (χ1n) is 5.91. The maximum absolute atomic E-state index is 13.5. The third-order valence-electron chi connectivity index (χ3n) is 3.43. The summed E-state index contributed by atoms with van der Waals surface area (Å²) in [6.45, 7) is 0.490. The van der Waals surface area contributed by atoms with Gasteiger partial charge in [0, 0.05) is 24.7 Å². The Bertz CT molecular complexity index is 462. The fraction of sp³-hybridized carbons (Fsp3) is 0.500. The van der Waals surface area contributed by atoms with Gasteiger partial charge in [-0.2, -0.15) is 0 Å². The highest BCUT2D eigenvalue weighted by Gasteiger charge is 2.30. The molecule has 2 nitrogen and oxygen atoms in total. The minimum atomic E-state index is -2.13. The van der Waals surface area contributed by atoms with Crippen molar-refractivity contribution >= 4 is 0 Å². The van der Waals surface area contributed by atoms with Crippen LogP contribution in [-0.4, -0.2) is 24.0 Å². The molecule has 0 bridgehead atoms. The van der Waals surface area contributed by atoms with Gasteiger partial charge in [0.2, 0.25) is 5.82 Å². The average Bonchev–Trinajstić information content (AvgIpc) is 2.86. The molecule has 106 valence electrons. The van der Waals surface area contributed by atoms with Crippen LogP contribution in [0.2, 0.25) is 0 Å². The van der Waals surface area contributed by atoms with Crippen molar-refractivity contribution < 1.29 is 22.0 Å². The van der Waals surface area contributed by atoms with E-state index in [0.29, 0.717) is 6.54 Å². The third-order valence-corrected chi connectivity index (χ3v) is 3.43. The topological polar surface area (TPSA) is 29.3 Å². The van der Waals surface area contributed by atoms with Crippen LogP contribution >= 0.6 is 0 Å². The van der Waals surface area contributed by atoms with Crippen LogP contribution in [0.25, 0.3) is 0 Å². The molecule has 0 saturated carbocycles. The highest BCUT2D eigenvalue weighted by molar-refractivity contribution is 5.24. The number of hydrogen-bond donors (Lipinski definition) is 1. The van der Waals surface area contributed by atoms with Crippen molar-refractivity contribution in [3.8, 4) is 0 Å². The Hall–Kier alpha value is -1.21. The second-order valence-corrected chi connectivity index (χ2v) is 4.55. The summed E-state index contributed by atoms with van der Waals surface area (Å²) in [4.78, 5) is 1.64. The van der Waals surface area contributed by atoms with E-state index in [-0.39, 0.29) is 19.1 Å². The lowest BCUT2D eigenvalue weighted by atomic mass is 10.1. The van der Waals surface area contributed by atoms with Gasteiger partial charge in [0.15, 0.2) is 23.3 Å². The number of rotatable bonds is 3. The van der Waals surface area contributed by atoms with Crippen molar-refractivity contribution in [3.63, 3.8) is 0 Å². The van der Waals surface area contributed by atoms with Gasteiger partial charge in [-0.15, -0.1) is 0 Å². The fourth-order valence-corrected chi connectivity index (χ4v) is 2.36. The van der Waals surface area contributed by atoms with E-state index in [1.54, 1.807) is 4.90 Å². The molecule has 1 atom stereocenters. The maximum Gasteiger partial charge on any atom is 0.200 e. The van der Waals surface area contributed by atoms with Gasteiger partial charge in [-0.1, -0.05) is 0 Å². The molecule has 19 heavy (non-hydrogen) atoms. The van der Waals surface area contributed by atoms with Gasteiger partial charge in [-0.05, 0) is 19.4 Å². The molecule has 7 heteroatoms. The van der Waals surface area contributed by atoms with Crippen LogP contribution in [0.4, 0.5) is 22.0 Å². The van der Waals surface area contributed by atoms with Gasteiger partial charge in [-0.3, -0.25) is 4.90 Å². The monoisotopic (exact) mass is 280 g/mol. The molecule has 1 aliphatic heterocycles. The zero-order chi connectivity index (χ0) is 14.2. The van der Waals surface area contributed by atoms with Crippen LogP contribution < -0.4 is 5.73 Å². The van der Waals surface area contributed by atoms with Gasteiger partial charge >= 0.3 is 0 Å². The minimum absolute atomic E-state index is 0.0880. The highest BCUT2D eigenvalue weighted by atomic mass is 19.2. The molecule has 2 rings (SSSR count). The van der Waals surface area contributed by atoms with Crippen LogP contribution in [0.15, 0.2) is 0 Å². The Morgan fingerprint density at radius 3 is 2.00 bits per heavy atom. The largest absolute Gasteiger partial charge is 0.329 e. The Balaban J connectivity index is 2.35. The van der Waals surface area contributed by atoms with E-state index in [2.05, 4.69) is 0 Å². The molecule has 0 aromatic heterocycles. The predicted molar refractivity (Wildman–Crippen MR) is 58.7 cm³/mol. The van der Waals surface area contributed by atoms with Crippen molar-refractivity contribution in [2.75, 3.05) is 13.1 Å². The molecular formula is C12H13F5N2. The van der Waals surface area contributed by atoms with E-state index in [0.717, 1.165) is 12.8 Å². The first-order chi connectivity index (χ1) is 8.97. The van der Waals surface area contributed by atoms with Crippen molar-refractivity contribution in [2.24, 2.45) is 5.73 Å². The summed E-state index contributed by atoms with van der Waals surface area (Å²) in [6, 6.07) is -0.0880. The van der Waals surface area contributed by atoms with Gasteiger partial charge in [0.1, 0.15) is 0 Å². The van der Waals surface area contributed by atoms with E-state index in [9.17, 15) is 22.0 Å². The van der Waals surface area contributed by atoms with Gasteiger partial charge in [0.05, 0.1) is 0 Å². The number of benzene rings is 1. The average molecular weight is 280 g/mol.